The molecule has 0 fully saturated rings. The van der Waals surface area contributed by atoms with Crippen LogP contribution in [0.25, 0.3) is 6.08 Å². The first-order valence-electron chi connectivity index (χ1n) is 8.56. The Morgan fingerprint density at radius 2 is 1.73 bits per heavy atom. The molecular formula is C19H14N4O7. The Kier molecular flexibility index (Phi) is 5.59. The number of aryl methyl sites for hydroxylation is 1. The number of nitro benzene ring substituents is 2. The third kappa shape index (κ3) is 4.17. The SMILES string of the molecule is Cc1ccc(/C=C(\C#N)C(=O)Nc2cc3c(cc2[N+](=O)[O-])OCCO3)cc1[N+](=O)[O-]. The van der Waals surface area contributed by atoms with Crippen LogP contribution in [0.15, 0.2) is 35.9 Å². The Labute approximate surface area is 169 Å². The van der Waals surface area contributed by atoms with Gasteiger partial charge in [-0.25, -0.2) is 0 Å². The molecule has 3 rings (SSSR count). The van der Waals surface area contributed by atoms with Gasteiger partial charge in [-0.3, -0.25) is 25.0 Å². The second-order valence-corrected chi connectivity index (χ2v) is 6.20. The number of hydrogen-bond donors (Lipinski definition) is 1. The molecule has 1 heterocycles. The van der Waals surface area contributed by atoms with Crippen LogP contribution < -0.4 is 14.8 Å². The van der Waals surface area contributed by atoms with Gasteiger partial charge in [0.05, 0.1) is 15.9 Å². The summed E-state index contributed by atoms with van der Waals surface area (Å²) in [6.07, 6.45) is 1.16. The lowest BCUT2D eigenvalue weighted by molar-refractivity contribution is -0.385. The summed E-state index contributed by atoms with van der Waals surface area (Å²) < 4.78 is 10.7. The molecule has 11 heteroatoms. The van der Waals surface area contributed by atoms with E-state index in [2.05, 4.69) is 5.32 Å². The lowest BCUT2D eigenvalue weighted by Crippen LogP contribution is -2.18. The van der Waals surface area contributed by atoms with Gasteiger partial charge in [-0.05, 0) is 18.6 Å². The number of nitriles is 1. The number of carbonyl (C=O) groups excluding carboxylic acids is 1. The molecule has 0 unspecified atom stereocenters. The fourth-order valence-corrected chi connectivity index (χ4v) is 2.75. The number of benzene rings is 2. The zero-order chi connectivity index (χ0) is 21.8. The highest BCUT2D eigenvalue weighted by Gasteiger charge is 2.24. The van der Waals surface area contributed by atoms with E-state index in [0.29, 0.717) is 5.56 Å². The van der Waals surface area contributed by atoms with Crippen LogP contribution in [-0.4, -0.2) is 29.0 Å². The van der Waals surface area contributed by atoms with Crippen LogP contribution in [0.1, 0.15) is 11.1 Å². The molecule has 0 atom stereocenters. The average molecular weight is 410 g/mol. The van der Waals surface area contributed by atoms with Crippen molar-refractivity contribution in [2.75, 3.05) is 18.5 Å². The molecule has 0 spiro atoms. The molecule has 0 saturated carbocycles. The van der Waals surface area contributed by atoms with E-state index >= 15 is 0 Å². The van der Waals surface area contributed by atoms with E-state index in [1.54, 1.807) is 13.0 Å². The molecule has 1 aliphatic rings. The molecule has 0 radical (unpaired) electrons. The summed E-state index contributed by atoms with van der Waals surface area (Å²) in [5.41, 5.74) is -0.481. The van der Waals surface area contributed by atoms with Crippen LogP contribution in [0.2, 0.25) is 0 Å². The fourth-order valence-electron chi connectivity index (χ4n) is 2.75. The molecule has 1 amide bonds. The number of nitro groups is 2. The van der Waals surface area contributed by atoms with Crippen LogP contribution in [-0.2, 0) is 4.79 Å². The standard InChI is InChI=1S/C19H14N4O7/c1-11-2-3-12(7-15(11)22(25)26)6-13(10-20)19(24)21-14-8-17-18(30-5-4-29-17)9-16(14)23(27)28/h2-3,6-9H,4-5H2,1H3,(H,21,24)/b13-6+. The van der Waals surface area contributed by atoms with E-state index < -0.39 is 27.0 Å². The highest BCUT2D eigenvalue weighted by atomic mass is 16.6. The minimum atomic E-state index is -0.916. The first kappa shape index (κ1) is 20.3. The number of carbonyl (C=O) groups is 1. The van der Waals surface area contributed by atoms with Crippen LogP contribution in [0.5, 0.6) is 11.5 Å². The van der Waals surface area contributed by atoms with E-state index in [-0.39, 0.29) is 41.7 Å². The molecule has 2 aromatic carbocycles. The number of ether oxygens (including phenoxy) is 2. The van der Waals surface area contributed by atoms with Crippen LogP contribution in [0.4, 0.5) is 17.1 Å². The topological polar surface area (TPSA) is 158 Å². The first-order chi connectivity index (χ1) is 14.3. The maximum Gasteiger partial charge on any atom is 0.296 e. The lowest BCUT2D eigenvalue weighted by atomic mass is 10.1. The highest BCUT2D eigenvalue weighted by molar-refractivity contribution is 6.10. The van der Waals surface area contributed by atoms with Crippen molar-refractivity contribution >= 4 is 29.0 Å². The number of nitrogens with zero attached hydrogens (tertiary/aromatic N) is 3. The van der Waals surface area contributed by atoms with E-state index in [9.17, 15) is 30.3 Å². The molecule has 0 aromatic heterocycles. The minimum Gasteiger partial charge on any atom is -0.486 e. The molecule has 0 aliphatic carbocycles. The average Bonchev–Trinajstić information content (AvgIpc) is 2.72. The summed E-state index contributed by atoms with van der Waals surface area (Å²) in [6.45, 7) is 2.04. The second kappa shape index (κ2) is 8.27. The van der Waals surface area contributed by atoms with Crippen molar-refractivity contribution in [1.82, 2.24) is 0 Å². The normalized spacial score (nSPS) is 12.6. The van der Waals surface area contributed by atoms with Gasteiger partial charge in [0.1, 0.15) is 30.5 Å². The third-order valence-electron chi connectivity index (χ3n) is 4.21. The summed E-state index contributed by atoms with van der Waals surface area (Å²) in [5.74, 6) is -0.520. The van der Waals surface area contributed by atoms with Crippen LogP contribution in [0.3, 0.4) is 0 Å². The number of nitrogens with one attached hydrogen (secondary N) is 1. The summed E-state index contributed by atoms with van der Waals surface area (Å²) in [7, 11) is 0. The van der Waals surface area contributed by atoms with Crippen molar-refractivity contribution in [2.24, 2.45) is 0 Å². The smallest absolute Gasteiger partial charge is 0.296 e. The van der Waals surface area contributed by atoms with Gasteiger partial charge in [-0.1, -0.05) is 12.1 Å². The third-order valence-corrected chi connectivity index (χ3v) is 4.21. The summed E-state index contributed by atoms with van der Waals surface area (Å²) in [4.78, 5) is 33.7. The van der Waals surface area contributed by atoms with Gasteiger partial charge in [-0.15, -0.1) is 0 Å². The van der Waals surface area contributed by atoms with Crippen molar-refractivity contribution in [3.8, 4) is 17.6 Å². The molecular weight excluding hydrogens is 396 g/mol. The molecule has 30 heavy (non-hydrogen) atoms. The maximum absolute atomic E-state index is 12.5. The summed E-state index contributed by atoms with van der Waals surface area (Å²) in [5, 5.41) is 34.1. The van der Waals surface area contributed by atoms with Crippen molar-refractivity contribution in [3.63, 3.8) is 0 Å². The zero-order valence-electron chi connectivity index (χ0n) is 15.6. The Hall–Kier alpha value is -4.46. The van der Waals surface area contributed by atoms with Gasteiger partial charge in [0.2, 0.25) is 0 Å². The van der Waals surface area contributed by atoms with E-state index in [0.717, 1.165) is 12.1 Å². The number of fused-ring (bicyclic) bond motifs is 1. The van der Waals surface area contributed by atoms with E-state index in [1.165, 1.54) is 24.3 Å². The predicted octanol–water partition coefficient (Wildman–Crippen LogP) is 3.13. The molecule has 152 valence electrons. The highest BCUT2D eigenvalue weighted by Crippen LogP contribution is 2.39. The molecule has 0 bridgehead atoms. The Morgan fingerprint density at radius 1 is 1.10 bits per heavy atom. The predicted molar refractivity (Wildman–Crippen MR) is 104 cm³/mol. The number of amides is 1. The zero-order valence-corrected chi connectivity index (χ0v) is 15.6. The quantitative estimate of drug-likeness (QED) is 0.341. The fraction of sp³-hybridized carbons (Fsp3) is 0.158. The van der Waals surface area contributed by atoms with Crippen molar-refractivity contribution in [2.45, 2.75) is 6.92 Å². The minimum absolute atomic E-state index is 0.163. The number of rotatable bonds is 5. The van der Waals surface area contributed by atoms with Gasteiger partial charge in [0.25, 0.3) is 17.3 Å². The van der Waals surface area contributed by atoms with E-state index in [4.69, 9.17) is 9.47 Å². The van der Waals surface area contributed by atoms with Crippen molar-refractivity contribution in [1.29, 1.82) is 5.26 Å². The van der Waals surface area contributed by atoms with Crippen LogP contribution >= 0.6 is 0 Å². The van der Waals surface area contributed by atoms with Gasteiger partial charge >= 0.3 is 0 Å². The van der Waals surface area contributed by atoms with Gasteiger partial charge in [0.15, 0.2) is 11.5 Å². The number of hydrogen-bond acceptors (Lipinski definition) is 8. The monoisotopic (exact) mass is 410 g/mol. The summed E-state index contributed by atoms with van der Waals surface area (Å²) >= 11 is 0. The van der Waals surface area contributed by atoms with Crippen molar-refractivity contribution in [3.05, 3.63) is 67.3 Å². The molecule has 1 aliphatic heterocycles. The lowest BCUT2D eigenvalue weighted by Gasteiger charge is -2.19. The van der Waals surface area contributed by atoms with Gasteiger partial charge in [0, 0.05) is 17.7 Å². The maximum atomic E-state index is 12.5. The second-order valence-electron chi connectivity index (χ2n) is 6.20. The molecule has 11 nitrogen and oxygen atoms in total. The molecule has 2 aromatic rings. The Morgan fingerprint density at radius 3 is 2.33 bits per heavy atom. The molecule has 0 saturated heterocycles. The largest absolute Gasteiger partial charge is 0.486 e. The Balaban J connectivity index is 1.93. The van der Waals surface area contributed by atoms with E-state index in [1.807, 2.05) is 0 Å². The Bertz CT molecular complexity index is 1130. The van der Waals surface area contributed by atoms with Gasteiger partial charge in [-0.2, -0.15) is 5.26 Å². The number of anilines is 1. The van der Waals surface area contributed by atoms with Gasteiger partial charge < -0.3 is 14.8 Å². The summed E-state index contributed by atoms with van der Waals surface area (Å²) in [6, 6.07) is 8.30. The molecule has 1 N–H and O–H groups in total. The first-order valence-corrected chi connectivity index (χ1v) is 8.56. The van der Waals surface area contributed by atoms with Crippen LogP contribution in [0, 0.1) is 38.5 Å². The van der Waals surface area contributed by atoms with Crippen molar-refractivity contribution < 1.29 is 24.1 Å².